The molecular weight excluding hydrogens is 512 g/mol. The summed E-state index contributed by atoms with van der Waals surface area (Å²) < 4.78 is 13.2. The maximum Gasteiger partial charge on any atom is 0.269 e. The van der Waals surface area contributed by atoms with Gasteiger partial charge in [0.05, 0.1) is 7.11 Å². The van der Waals surface area contributed by atoms with E-state index in [0.717, 1.165) is 10.0 Å². The van der Waals surface area contributed by atoms with E-state index in [1.807, 2.05) is 25.1 Å². The summed E-state index contributed by atoms with van der Waals surface area (Å²) in [5.41, 5.74) is 0.846. The Bertz CT molecular complexity index is 1550. The molecule has 4 aromatic rings. The van der Waals surface area contributed by atoms with Crippen molar-refractivity contribution in [2.24, 2.45) is 0 Å². The largest absolute Gasteiger partial charge is 0.497 e. The minimum atomic E-state index is -0.672. The number of amides is 1. The van der Waals surface area contributed by atoms with Gasteiger partial charge in [0.25, 0.3) is 11.5 Å². The van der Waals surface area contributed by atoms with Gasteiger partial charge in [-0.2, -0.15) is 10.2 Å². The quantitative estimate of drug-likeness (QED) is 0.274. The van der Waals surface area contributed by atoms with Crippen molar-refractivity contribution < 1.29 is 14.3 Å². The van der Waals surface area contributed by atoms with Crippen molar-refractivity contribution in [3.05, 3.63) is 98.4 Å². The Morgan fingerprint density at radius 1 is 1.14 bits per heavy atom. The fourth-order valence-electron chi connectivity index (χ4n) is 3.31. The minimum Gasteiger partial charge on any atom is -0.497 e. The standard InChI is InChI=1S/C26H19BrN4O4/c1-16-5-4-12-31-23(16)30-25(35-21-10-8-20(34-2)9-11-21)22(26(31)33)13-17(15-28)24(32)29-19-7-3-6-18(27)14-19/h3-14H,1-2H3,(H,29,32)/b17-13-. The highest BCUT2D eigenvalue weighted by atomic mass is 79.9. The summed E-state index contributed by atoms with van der Waals surface area (Å²) in [7, 11) is 1.55. The van der Waals surface area contributed by atoms with Gasteiger partial charge in [0.1, 0.15) is 34.4 Å². The molecule has 0 aliphatic rings. The molecule has 1 amide bonds. The molecule has 2 heterocycles. The number of pyridine rings is 1. The number of nitrogens with one attached hydrogen (secondary N) is 1. The zero-order valence-corrected chi connectivity index (χ0v) is 20.4. The lowest BCUT2D eigenvalue weighted by molar-refractivity contribution is -0.112. The molecule has 0 saturated carbocycles. The maximum absolute atomic E-state index is 13.4. The number of carbonyl (C=O) groups excluding carboxylic acids is 1. The van der Waals surface area contributed by atoms with Crippen LogP contribution in [0.1, 0.15) is 11.1 Å². The summed E-state index contributed by atoms with van der Waals surface area (Å²) >= 11 is 3.34. The van der Waals surface area contributed by atoms with Crippen LogP contribution in [0, 0.1) is 18.3 Å². The second-order valence-electron chi connectivity index (χ2n) is 7.43. The lowest BCUT2D eigenvalue weighted by atomic mass is 10.1. The van der Waals surface area contributed by atoms with Gasteiger partial charge in [-0.15, -0.1) is 0 Å². The van der Waals surface area contributed by atoms with Crippen molar-refractivity contribution in [2.45, 2.75) is 6.92 Å². The first kappa shape index (κ1) is 23.7. The molecule has 2 aromatic heterocycles. The summed E-state index contributed by atoms with van der Waals surface area (Å²) in [5, 5.41) is 12.4. The fraction of sp³-hybridized carbons (Fsp3) is 0.0769. The van der Waals surface area contributed by atoms with E-state index < -0.39 is 11.5 Å². The highest BCUT2D eigenvalue weighted by Crippen LogP contribution is 2.26. The molecule has 4 rings (SSSR count). The molecule has 0 unspecified atom stereocenters. The van der Waals surface area contributed by atoms with Crippen molar-refractivity contribution in [3.8, 4) is 23.4 Å². The number of hydrogen-bond donors (Lipinski definition) is 1. The van der Waals surface area contributed by atoms with Gasteiger partial charge in [-0.3, -0.25) is 14.0 Å². The Hall–Kier alpha value is -4.42. The molecule has 0 aliphatic heterocycles. The molecule has 35 heavy (non-hydrogen) atoms. The van der Waals surface area contributed by atoms with E-state index in [9.17, 15) is 14.9 Å². The van der Waals surface area contributed by atoms with E-state index in [1.165, 1.54) is 10.5 Å². The van der Waals surface area contributed by atoms with E-state index in [2.05, 4.69) is 26.2 Å². The summed E-state index contributed by atoms with van der Waals surface area (Å²) in [5.74, 6) is 0.338. The van der Waals surface area contributed by atoms with Crippen LogP contribution in [0.4, 0.5) is 5.69 Å². The molecule has 0 fully saturated rings. The molecule has 174 valence electrons. The van der Waals surface area contributed by atoms with Crippen LogP contribution in [-0.2, 0) is 4.79 Å². The number of ether oxygens (including phenoxy) is 2. The van der Waals surface area contributed by atoms with Crippen LogP contribution in [0.3, 0.4) is 0 Å². The van der Waals surface area contributed by atoms with E-state index in [-0.39, 0.29) is 17.0 Å². The molecule has 0 spiro atoms. The number of hydrogen-bond acceptors (Lipinski definition) is 6. The van der Waals surface area contributed by atoms with Crippen LogP contribution in [0.2, 0.25) is 0 Å². The maximum atomic E-state index is 13.4. The molecular formula is C26H19BrN4O4. The van der Waals surface area contributed by atoms with Gasteiger partial charge in [0, 0.05) is 16.4 Å². The summed E-state index contributed by atoms with van der Waals surface area (Å²) in [6.45, 7) is 1.82. The monoisotopic (exact) mass is 530 g/mol. The summed E-state index contributed by atoms with van der Waals surface area (Å²) in [6.07, 6.45) is 2.76. The van der Waals surface area contributed by atoms with Gasteiger partial charge in [0.15, 0.2) is 0 Å². The Morgan fingerprint density at radius 2 is 1.89 bits per heavy atom. The number of aryl methyl sites for hydroxylation is 1. The molecule has 0 saturated heterocycles. The van der Waals surface area contributed by atoms with Crippen molar-refractivity contribution in [1.29, 1.82) is 5.26 Å². The number of benzene rings is 2. The molecule has 0 aliphatic carbocycles. The average Bonchev–Trinajstić information content (AvgIpc) is 2.85. The van der Waals surface area contributed by atoms with Crippen LogP contribution in [0.5, 0.6) is 17.4 Å². The molecule has 0 atom stereocenters. The average molecular weight is 531 g/mol. The van der Waals surface area contributed by atoms with Gasteiger partial charge in [-0.25, -0.2) is 0 Å². The van der Waals surface area contributed by atoms with Crippen LogP contribution >= 0.6 is 15.9 Å². The molecule has 8 nitrogen and oxygen atoms in total. The third-order valence-corrected chi connectivity index (χ3v) is 5.55. The Kier molecular flexibility index (Phi) is 6.94. The summed E-state index contributed by atoms with van der Waals surface area (Å²) in [6, 6.07) is 19.1. The fourth-order valence-corrected chi connectivity index (χ4v) is 3.71. The van der Waals surface area contributed by atoms with Gasteiger partial charge in [-0.1, -0.05) is 28.1 Å². The number of nitriles is 1. The molecule has 2 aromatic carbocycles. The van der Waals surface area contributed by atoms with E-state index >= 15 is 0 Å². The zero-order chi connectivity index (χ0) is 24.9. The van der Waals surface area contributed by atoms with E-state index in [4.69, 9.17) is 9.47 Å². The number of carbonyl (C=O) groups is 1. The predicted octanol–water partition coefficient (Wildman–Crippen LogP) is 5.11. The molecule has 1 N–H and O–H groups in total. The highest BCUT2D eigenvalue weighted by Gasteiger charge is 2.18. The zero-order valence-electron chi connectivity index (χ0n) is 18.8. The number of rotatable bonds is 6. The van der Waals surface area contributed by atoms with E-state index in [1.54, 1.807) is 61.8 Å². The van der Waals surface area contributed by atoms with Crippen LogP contribution in [0.25, 0.3) is 11.7 Å². The topological polar surface area (TPSA) is 106 Å². The Labute approximate surface area is 209 Å². The number of methoxy groups -OCH3 is 1. The lowest BCUT2D eigenvalue weighted by Crippen LogP contribution is -2.20. The van der Waals surface area contributed by atoms with E-state index in [0.29, 0.717) is 22.8 Å². The van der Waals surface area contributed by atoms with Gasteiger partial charge >= 0.3 is 0 Å². The third kappa shape index (κ3) is 5.23. The molecule has 0 radical (unpaired) electrons. The predicted molar refractivity (Wildman–Crippen MR) is 136 cm³/mol. The normalized spacial score (nSPS) is 11.1. The SMILES string of the molecule is COc1ccc(Oc2nc3c(C)cccn3c(=O)c2/C=C(/C#N)C(=O)Nc2cccc(Br)c2)cc1. The van der Waals surface area contributed by atoms with Crippen molar-refractivity contribution >= 4 is 39.2 Å². The van der Waals surface area contributed by atoms with Crippen molar-refractivity contribution in [3.63, 3.8) is 0 Å². The Balaban J connectivity index is 1.81. The Morgan fingerprint density at radius 3 is 2.57 bits per heavy atom. The number of anilines is 1. The number of nitrogens with zero attached hydrogens (tertiary/aromatic N) is 3. The minimum absolute atomic E-state index is 0.0301. The highest BCUT2D eigenvalue weighted by molar-refractivity contribution is 9.10. The first-order chi connectivity index (χ1) is 16.9. The third-order valence-electron chi connectivity index (χ3n) is 5.06. The van der Waals surface area contributed by atoms with Gasteiger partial charge in [0.2, 0.25) is 5.88 Å². The first-order valence-electron chi connectivity index (χ1n) is 10.4. The van der Waals surface area contributed by atoms with Crippen LogP contribution in [-0.4, -0.2) is 22.4 Å². The van der Waals surface area contributed by atoms with Crippen LogP contribution < -0.4 is 20.3 Å². The van der Waals surface area contributed by atoms with Gasteiger partial charge < -0.3 is 14.8 Å². The first-order valence-corrected chi connectivity index (χ1v) is 11.2. The number of aromatic nitrogens is 2. The summed E-state index contributed by atoms with van der Waals surface area (Å²) in [4.78, 5) is 30.8. The second kappa shape index (κ2) is 10.2. The van der Waals surface area contributed by atoms with Gasteiger partial charge in [-0.05, 0) is 67.1 Å². The van der Waals surface area contributed by atoms with Crippen molar-refractivity contribution in [2.75, 3.05) is 12.4 Å². The second-order valence-corrected chi connectivity index (χ2v) is 8.35. The molecule has 0 bridgehead atoms. The smallest absolute Gasteiger partial charge is 0.269 e. The molecule has 9 heteroatoms. The number of fused-ring (bicyclic) bond motifs is 1. The lowest BCUT2D eigenvalue weighted by Gasteiger charge is -2.12. The van der Waals surface area contributed by atoms with Crippen molar-refractivity contribution in [1.82, 2.24) is 9.38 Å². The van der Waals surface area contributed by atoms with Crippen LogP contribution in [0.15, 0.2) is 81.7 Å². The number of halogens is 1.